The van der Waals surface area contributed by atoms with Gasteiger partial charge in [-0.15, -0.1) is 0 Å². The van der Waals surface area contributed by atoms with Gasteiger partial charge in [0.1, 0.15) is 5.69 Å². The lowest BCUT2D eigenvalue weighted by Crippen LogP contribution is -2.27. The summed E-state index contributed by atoms with van der Waals surface area (Å²) in [5.41, 5.74) is 13.5. The molecule has 5 heteroatoms. The number of hydrogen-bond acceptors (Lipinski definition) is 3. The molecule has 1 heterocycles. The highest BCUT2D eigenvalue weighted by Crippen LogP contribution is 2.35. The average Bonchev–Trinajstić information content (AvgIpc) is 2.46. The minimum atomic E-state index is -0.475. The maximum absolute atomic E-state index is 11.7. The van der Waals surface area contributed by atoms with Gasteiger partial charge in [-0.2, -0.15) is 0 Å². The van der Waals surface area contributed by atoms with E-state index in [1.54, 1.807) is 6.07 Å². The number of carbonyl (C=O) groups excluding carboxylic acids is 1. The number of benzene rings is 1. The second-order valence-corrected chi connectivity index (χ2v) is 6.18. The first-order chi connectivity index (χ1) is 10.0. The highest BCUT2D eigenvalue weighted by Gasteiger charge is 2.25. The standard InChI is InChI=1S/C16H18ClN3O/c17-11-3-6-14-10(7-11)8-13(15(20-14)16(19)21)9-1-4-12(18)5-2-9/h3,6-9,12H,1-2,4-5,18H2,(H2,19,21). The molecule has 0 spiro atoms. The van der Waals surface area contributed by atoms with Gasteiger partial charge in [-0.25, -0.2) is 4.98 Å². The Balaban J connectivity index is 2.10. The number of fused-ring (bicyclic) bond motifs is 1. The van der Waals surface area contributed by atoms with Crippen LogP contribution in [0.3, 0.4) is 0 Å². The monoisotopic (exact) mass is 303 g/mol. The van der Waals surface area contributed by atoms with E-state index in [4.69, 9.17) is 23.1 Å². The zero-order chi connectivity index (χ0) is 15.0. The van der Waals surface area contributed by atoms with Crippen molar-refractivity contribution in [2.24, 2.45) is 11.5 Å². The molecule has 1 aromatic heterocycles. The lowest BCUT2D eigenvalue weighted by molar-refractivity contribution is 0.0994. The number of carbonyl (C=O) groups is 1. The van der Waals surface area contributed by atoms with Gasteiger partial charge in [0, 0.05) is 16.5 Å². The van der Waals surface area contributed by atoms with Crippen LogP contribution in [0.15, 0.2) is 24.3 Å². The third kappa shape index (κ3) is 2.87. The lowest BCUT2D eigenvalue weighted by atomic mass is 9.81. The van der Waals surface area contributed by atoms with Crippen LogP contribution in [-0.4, -0.2) is 16.9 Å². The first-order valence-corrected chi connectivity index (χ1v) is 7.58. The third-order valence-electron chi connectivity index (χ3n) is 4.25. The molecular formula is C16H18ClN3O. The summed E-state index contributed by atoms with van der Waals surface area (Å²) in [5.74, 6) is -0.181. The first-order valence-electron chi connectivity index (χ1n) is 7.20. The number of amides is 1. The summed E-state index contributed by atoms with van der Waals surface area (Å²) in [6.45, 7) is 0. The van der Waals surface area contributed by atoms with Crippen LogP contribution in [0.4, 0.5) is 0 Å². The van der Waals surface area contributed by atoms with E-state index in [-0.39, 0.29) is 6.04 Å². The normalized spacial score (nSPS) is 22.4. The van der Waals surface area contributed by atoms with E-state index in [1.807, 2.05) is 18.2 Å². The van der Waals surface area contributed by atoms with Crippen molar-refractivity contribution in [1.82, 2.24) is 4.98 Å². The molecule has 0 bridgehead atoms. The Bertz CT molecular complexity index is 693. The molecule has 2 aromatic rings. The molecular weight excluding hydrogens is 286 g/mol. The fourth-order valence-corrected chi connectivity index (χ4v) is 3.28. The molecule has 0 saturated heterocycles. The molecule has 0 atom stereocenters. The fraction of sp³-hybridized carbons (Fsp3) is 0.375. The lowest BCUT2D eigenvalue weighted by Gasteiger charge is -2.27. The fourth-order valence-electron chi connectivity index (χ4n) is 3.10. The van der Waals surface area contributed by atoms with Crippen molar-refractivity contribution in [3.05, 3.63) is 40.5 Å². The van der Waals surface area contributed by atoms with Crippen LogP contribution in [0.1, 0.15) is 47.7 Å². The van der Waals surface area contributed by atoms with Crippen molar-refractivity contribution < 1.29 is 4.79 Å². The molecule has 3 rings (SSSR count). The molecule has 1 amide bonds. The molecule has 0 unspecified atom stereocenters. The summed E-state index contributed by atoms with van der Waals surface area (Å²) in [7, 11) is 0. The predicted molar refractivity (Wildman–Crippen MR) is 84.5 cm³/mol. The van der Waals surface area contributed by atoms with Gasteiger partial charge in [0.25, 0.3) is 5.91 Å². The maximum atomic E-state index is 11.7. The van der Waals surface area contributed by atoms with Crippen molar-refractivity contribution in [3.8, 4) is 0 Å². The highest BCUT2D eigenvalue weighted by molar-refractivity contribution is 6.31. The molecule has 0 radical (unpaired) electrons. The summed E-state index contributed by atoms with van der Waals surface area (Å²) in [5, 5.41) is 1.60. The number of primary amides is 1. The molecule has 4 nitrogen and oxygen atoms in total. The van der Waals surface area contributed by atoms with Gasteiger partial charge >= 0.3 is 0 Å². The molecule has 1 aliphatic carbocycles. The zero-order valence-corrected chi connectivity index (χ0v) is 12.4. The van der Waals surface area contributed by atoms with Gasteiger partial charge in [-0.05, 0) is 61.4 Å². The largest absolute Gasteiger partial charge is 0.364 e. The number of hydrogen-bond donors (Lipinski definition) is 2. The number of pyridine rings is 1. The van der Waals surface area contributed by atoms with E-state index in [0.717, 1.165) is 42.1 Å². The molecule has 21 heavy (non-hydrogen) atoms. The van der Waals surface area contributed by atoms with Crippen molar-refractivity contribution in [1.29, 1.82) is 0 Å². The molecule has 4 N–H and O–H groups in total. The van der Waals surface area contributed by atoms with Gasteiger partial charge in [-0.1, -0.05) is 11.6 Å². The van der Waals surface area contributed by atoms with Crippen molar-refractivity contribution in [2.45, 2.75) is 37.6 Å². The van der Waals surface area contributed by atoms with E-state index in [0.29, 0.717) is 16.6 Å². The van der Waals surface area contributed by atoms with E-state index >= 15 is 0 Å². The van der Waals surface area contributed by atoms with Crippen LogP contribution < -0.4 is 11.5 Å². The molecule has 1 aliphatic rings. The molecule has 0 aliphatic heterocycles. The second kappa shape index (κ2) is 5.62. The van der Waals surface area contributed by atoms with Gasteiger partial charge in [-0.3, -0.25) is 4.79 Å². The van der Waals surface area contributed by atoms with Gasteiger partial charge in [0.2, 0.25) is 0 Å². The van der Waals surface area contributed by atoms with Crippen LogP contribution in [0.2, 0.25) is 5.02 Å². The highest BCUT2D eigenvalue weighted by atomic mass is 35.5. The Hall–Kier alpha value is -1.65. The van der Waals surface area contributed by atoms with E-state index < -0.39 is 5.91 Å². The Labute approximate surface area is 128 Å². The Morgan fingerprint density at radius 3 is 2.57 bits per heavy atom. The topological polar surface area (TPSA) is 82.0 Å². The van der Waals surface area contributed by atoms with E-state index in [9.17, 15) is 4.79 Å². The van der Waals surface area contributed by atoms with Crippen molar-refractivity contribution in [3.63, 3.8) is 0 Å². The number of nitrogens with two attached hydrogens (primary N) is 2. The Morgan fingerprint density at radius 2 is 1.90 bits per heavy atom. The number of aromatic nitrogens is 1. The van der Waals surface area contributed by atoms with E-state index in [2.05, 4.69) is 4.98 Å². The number of nitrogens with zero attached hydrogens (tertiary/aromatic N) is 1. The predicted octanol–water partition coefficient (Wildman–Crippen LogP) is 2.97. The minimum absolute atomic E-state index is 0.265. The summed E-state index contributed by atoms with van der Waals surface area (Å²) in [6, 6.07) is 7.72. The summed E-state index contributed by atoms with van der Waals surface area (Å²) in [6.07, 6.45) is 3.87. The third-order valence-corrected chi connectivity index (χ3v) is 4.49. The van der Waals surface area contributed by atoms with Crippen LogP contribution in [0, 0.1) is 0 Å². The SMILES string of the molecule is NC(=O)c1nc2ccc(Cl)cc2cc1C1CCC(N)CC1. The number of rotatable bonds is 2. The van der Waals surface area contributed by atoms with Crippen LogP contribution >= 0.6 is 11.6 Å². The number of halogens is 1. The second-order valence-electron chi connectivity index (χ2n) is 5.74. The quantitative estimate of drug-likeness (QED) is 0.894. The summed E-state index contributed by atoms with van der Waals surface area (Å²) < 4.78 is 0. The van der Waals surface area contributed by atoms with Crippen molar-refractivity contribution in [2.75, 3.05) is 0 Å². The average molecular weight is 304 g/mol. The summed E-state index contributed by atoms with van der Waals surface area (Å²) in [4.78, 5) is 16.2. The molecule has 1 fully saturated rings. The minimum Gasteiger partial charge on any atom is -0.364 e. The van der Waals surface area contributed by atoms with Crippen LogP contribution in [-0.2, 0) is 0 Å². The van der Waals surface area contributed by atoms with Gasteiger partial charge < -0.3 is 11.5 Å². The van der Waals surface area contributed by atoms with Crippen LogP contribution in [0.5, 0.6) is 0 Å². The van der Waals surface area contributed by atoms with Gasteiger partial charge in [0.15, 0.2) is 0 Å². The Kier molecular flexibility index (Phi) is 3.83. The van der Waals surface area contributed by atoms with Crippen molar-refractivity contribution >= 4 is 28.4 Å². The smallest absolute Gasteiger partial charge is 0.267 e. The molecule has 1 aromatic carbocycles. The molecule has 110 valence electrons. The first kappa shape index (κ1) is 14.3. The summed E-state index contributed by atoms with van der Waals surface area (Å²) >= 11 is 6.04. The maximum Gasteiger partial charge on any atom is 0.267 e. The van der Waals surface area contributed by atoms with Gasteiger partial charge in [0.05, 0.1) is 5.52 Å². The van der Waals surface area contributed by atoms with Crippen LogP contribution in [0.25, 0.3) is 10.9 Å². The Morgan fingerprint density at radius 1 is 1.19 bits per heavy atom. The molecule has 1 saturated carbocycles. The van der Waals surface area contributed by atoms with E-state index in [1.165, 1.54) is 0 Å². The zero-order valence-electron chi connectivity index (χ0n) is 11.7.